The third-order valence-electron chi connectivity index (χ3n) is 4.44. The van der Waals surface area contributed by atoms with Gasteiger partial charge in [-0.1, -0.05) is 32.1 Å². The van der Waals surface area contributed by atoms with Crippen molar-refractivity contribution in [3.05, 3.63) is 35.9 Å². The van der Waals surface area contributed by atoms with Gasteiger partial charge in [0.05, 0.1) is 28.3 Å². The lowest BCUT2D eigenvalue weighted by molar-refractivity contribution is -0.870. The number of nitrogens with one attached hydrogen (secondary N) is 1. The summed E-state index contributed by atoms with van der Waals surface area (Å²) in [7, 11) is 7.54. The van der Waals surface area contributed by atoms with E-state index in [0.717, 1.165) is 24.8 Å². The molecule has 0 saturated carbocycles. The molecule has 1 amide bonds. The molecule has 0 bridgehead atoms. The Hall–Kier alpha value is -2.54. The molecule has 0 aromatic heterocycles. The van der Waals surface area contributed by atoms with Crippen molar-refractivity contribution >= 4 is 12.1 Å². The highest BCUT2D eigenvalue weighted by Gasteiger charge is 2.14. The maximum atomic E-state index is 12.0. The van der Waals surface area contributed by atoms with Crippen LogP contribution in [0.25, 0.3) is 0 Å². The molecular formula is C24H39N2O5+. The van der Waals surface area contributed by atoms with Crippen LogP contribution in [0.1, 0.15) is 45.1 Å². The first-order valence-corrected chi connectivity index (χ1v) is 10.9. The number of methoxy groups -OCH3 is 1. The number of carbonyl (C=O) groups excluding carboxylic acids is 2. The van der Waals surface area contributed by atoms with Gasteiger partial charge in [0.1, 0.15) is 13.2 Å². The van der Waals surface area contributed by atoms with Crippen LogP contribution in [-0.4, -0.2) is 58.0 Å². The molecule has 0 aliphatic carbocycles. The van der Waals surface area contributed by atoms with E-state index in [9.17, 15) is 9.59 Å². The molecule has 0 heterocycles. The predicted octanol–water partition coefficient (Wildman–Crippen LogP) is 4.31. The topological polar surface area (TPSA) is 73.9 Å². The minimum atomic E-state index is -0.768. The zero-order valence-corrected chi connectivity index (χ0v) is 19.9. The lowest BCUT2D eigenvalue weighted by Crippen LogP contribution is -2.38. The van der Waals surface area contributed by atoms with Gasteiger partial charge in [-0.3, -0.25) is 4.79 Å². The van der Waals surface area contributed by atoms with E-state index in [1.807, 2.05) is 21.1 Å². The average molecular weight is 436 g/mol. The molecule has 7 heteroatoms. The molecule has 7 nitrogen and oxygen atoms in total. The van der Waals surface area contributed by atoms with Crippen LogP contribution in [0.5, 0.6) is 11.5 Å². The smallest absolute Gasteiger partial charge is 0.493 e. The SMILES string of the molecule is COc1cc(CNC(=O)CCCC/C=C/C(C)C)ccc1OC(=O)OCC[N+](C)(C)C. The van der Waals surface area contributed by atoms with E-state index < -0.39 is 6.16 Å². The average Bonchev–Trinajstić information content (AvgIpc) is 2.68. The number of carbonyl (C=O) groups is 2. The minimum Gasteiger partial charge on any atom is -0.493 e. The lowest BCUT2D eigenvalue weighted by atomic mass is 10.1. The van der Waals surface area contributed by atoms with Gasteiger partial charge in [-0.15, -0.1) is 0 Å². The van der Waals surface area contributed by atoms with Crippen LogP contribution in [-0.2, 0) is 16.1 Å². The van der Waals surface area contributed by atoms with Crippen LogP contribution in [0.2, 0.25) is 0 Å². The first-order chi connectivity index (χ1) is 14.6. The predicted molar refractivity (Wildman–Crippen MR) is 122 cm³/mol. The van der Waals surface area contributed by atoms with Gasteiger partial charge >= 0.3 is 6.16 Å². The normalized spacial score (nSPS) is 11.6. The Balaban J connectivity index is 2.43. The van der Waals surface area contributed by atoms with Crippen LogP contribution in [0.15, 0.2) is 30.4 Å². The molecule has 174 valence electrons. The summed E-state index contributed by atoms with van der Waals surface area (Å²) in [5.74, 6) is 1.28. The van der Waals surface area contributed by atoms with Crippen LogP contribution < -0.4 is 14.8 Å². The zero-order chi connectivity index (χ0) is 23.3. The number of likely N-dealkylation sites (N-methyl/N-ethyl adjacent to an activating group) is 1. The molecule has 0 fully saturated rings. The molecule has 0 saturated heterocycles. The minimum absolute atomic E-state index is 0.0213. The standard InChI is InChI=1S/C24H38N2O5/c1-19(2)11-9-7-8-10-12-23(27)25-18-20-13-14-21(22(17-20)29-6)31-24(28)30-16-15-26(3,4)5/h9,11,13-14,17,19H,7-8,10,12,15-16,18H2,1-6H3/p+1/b11-9+. The Morgan fingerprint density at radius 3 is 2.52 bits per heavy atom. The number of unbranched alkanes of at least 4 members (excludes halogenated alkanes) is 2. The number of ether oxygens (including phenoxy) is 3. The number of allylic oxidation sites excluding steroid dienone is 2. The summed E-state index contributed by atoms with van der Waals surface area (Å²) < 4.78 is 16.4. The van der Waals surface area contributed by atoms with Crippen LogP contribution in [0.4, 0.5) is 4.79 Å². The summed E-state index contributed by atoms with van der Waals surface area (Å²) >= 11 is 0. The Kier molecular flexibility index (Phi) is 11.7. The Bertz CT molecular complexity index is 723. The van der Waals surface area contributed by atoms with Gasteiger partial charge < -0.3 is 24.0 Å². The van der Waals surface area contributed by atoms with E-state index in [-0.39, 0.29) is 18.3 Å². The molecule has 0 atom stereocenters. The fraction of sp³-hybridized carbons (Fsp3) is 0.583. The largest absolute Gasteiger partial charge is 0.514 e. The molecule has 1 aromatic carbocycles. The summed E-state index contributed by atoms with van der Waals surface area (Å²) in [6, 6.07) is 5.17. The molecule has 0 spiro atoms. The molecule has 1 aromatic rings. The van der Waals surface area contributed by atoms with Crippen molar-refractivity contribution in [2.24, 2.45) is 5.92 Å². The van der Waals surface area contributed by atoms with Gasteiger partial charge in [-0.25, -0.2) is 4.79 Å². The van der Waals surface area contributed by atoms with Gasteiger partial charge in [0.15, 0.2) is 11.5 Å². The fourth-order valence-electron chi connectivity index (χ4n) is 2.63. The van der Waals surface area contributed by atoms with Crippen molar-refractivity contribution in [3.63, 3.8) is 0 Å². The molecule has 0 aliphatic rings. The Morgan fingerprint density at radius 1 is 1.13 bits per heavy atom. The summed E-state index contributed by atoms with van der Waals surface area (Å²) in [4.78, 5) is 23.9. The van der Waals surface area contributed by atoms with Gasteiger partial charge in [0.2, 0.25) is 5.91 Å². The molecular weight excluding hydrogens is 396 g/mol. The van der Waals surface area contributed by atoms with Gasteiger partial charge in [0.25, 0.3) is 0 Å². The van der Waals surface area contributed by atoms with E-state index >= 15 is 0 Å². The van der Waals surface area contributed by atoms with E-state index in [1.165, 1.54) is 7.11 Å². The van der Waals surface area contributed by atoms with Gasteiger partial charge in [0, 0.05) is 13.0 Å². The quantitative estimate of drug-likeness (QED) is 0.164. The number of hydrogen-bond donors (Lipinski definition) is 1. The fourth-order valence-corrected chi connectivity index (χ4v) is 2.63. The van der Waals surface area contributed by atoms with E-state index in [4.69, 9.17) is 14.2 Å². The van der Waals surface area contributed by atoms with Crippen LogP contribution in [0.3, 0.4) is 0 Å². The number of nitrogens with zero attached hydrogens (tertiary/aromatic N) is 1. The number of quaternary nitrogens is 1. The zero-order valence-electron chi connectivity index (χ0n) is 19.9. The first-order valence-electron chi connectivity index (χ1n) is 10.9. The van der Waals surface area contributed by atoms with E-state index in [1.54, 1.807) is 18.2 Å². The van der Waals surface area contributed by atoms with Crippen molar-refractivity contribution in [1.29, 1.82) is 0 Å². The second kappa shape index (κ2) is 13.7. The first kappa shape index (κ1) is 26.5. The van der Waals surface area contributed by atoms with Crippen molar-refractivity contribution in [2.45, 2.75) is 46.1 Å². The van der Waals surface area contributed by atoms with E-state index in [0.29, 0.717) is 35.7 Å². The molecule has 0 aliphatic heterocycles. The van der Waals surface area contributed by atoms with Crippen molar-refractivity contribution in [1.82, 2.24) is 5.32 Å². The number of hydrogen-bond acceptors (Lipinski definition) is 5. The molecule has 0 radical (unpaired) electrons. The van der Waals surface area contributed by atoms with Gasteiger partial charge in [-0.05, 0) is 42.9 Å². The van der Waals surface area contributed by atoms with E-state index in [2.05, 4.69) is 31.3 Å². The summed E-state index contributed by atoms with van der Waals surface area (Å²) in [5, 5.41) is 2.91. The third kappa shape index (κ3) is 12.7. The van der Waals surface area contributed by atoms with Crippen LogP contribution in [0, 0.1) is 5.92 Å². The monoisotopic (exact) mass is 435 g/mol. The van der Waals surface area contributed by atoms with Crippen molar-refractivity contribution < 1.29 is 28.3 Å². The highest BCUT2D eigenvalue weighted by Crippen LogP contribution is 2.28. The highest BCUT2D eigenvalue weighted by atomic mass is 16.7. The molecule has 31 heavy (non-hydrogen) atoms. The summed E-state index contributed by atoms with van der Waals surface area (Å²) in [5.41, 5.74) is 0.857. The molecule has 1 rings (SSSR count). The molecule has 1 N–H and O–H groups in total. The summed E-state index contributed by atoms with van der Waals surface area (Å²) in [6.07, 6.45) is 6.97. The van der Waals surface area contributed by atoms with Crippen molar-refractivity contribution in [2.75, 3.05) is 41.4 Å². The van der Waals surface area contributed by atoms with Crippen molar-refractivity contribution in [3.8, 4) is 11.5 Å². The second-order valence-corrected chi connectivity index (χ2v) is 8.89. The molecule has 0 unspecified atom stereocenters. The number of amides is 1. The second-order valence-electron chi connectivity index (χ2n) is 8.89. The maximum absolute atomic E-state index is 12.0. The van der Waals surface area contributed by atoms with Gasteiger partial charge in [-0.2, -0.15) is 0 Å². The Labute approximate surface area is 186 Å². The number of rotatable bonds is 13. The lowest BCUT2D eigenvalue weighted by Gasteiger charge is -2.23. The highest BCUT2D eigenvalue weighted by molar-refractivity contribution is 5.75. The third-order valence-corrected chi connectivity index (χ3v) is 4.44. The Morgan fingerprint density at radius 2 is 1.87 bits per heavy atom. The summed E-state index contributed by atoms with van der Waals surface area (Å²) in [6.45, 7) is 5.63. The van der Waals surface area contributed by atoms with Crippen LogP contribution >= 0.6 is 0 Å². The number of benzene rings is 1. The maximum Gasteiger partial charge on any atom is 0.514 e.